The molecule has 0 saturated carbocycles. The van der Waals surface area contributed by atoms with Crippen molar-refractivity contribution in [2.75, 3.05) is 26.2 Å². The molecule has 1 fully saturated rings. The third kappa shape index (κ3) is 3.38. The van der Waals surface area contributed by atoms with Crippen LogP contribution in [-0.2, 0) is 0 Å². The molecule has 0 aromatic heterocycles. The summed E-state index contributed by atoms with van der Waals surface area (Å²) in [6, 6.07) is 7.37. The molecule has 0 amide bonds. The number of piperazine rings is 1. The number of hydrogen-bond donors (Lipinski definition) is 2. The zero-order valence-electron chi connectivity index (χ0n) is 11.7. The first-order valence-corrected chi connectivity index (χ1v) is 7.05. The van der Waals surface area contributed by atoms with E-state index < -0.39 is 0 Å². The Morgan fingerprint density at radius 2 is 2.20 bits per heavy atom. The molecule has 0 bridgehead atoms. The maximum atomic E-state index is 10.2. The van der Waals surface area contributed by atoms with E-state index in [1.54, 1.807) is 12.1 Å². The van der Waals surface area contributed by atoms with Crippen LogP contribution >= 0.6 is 0 Å². The molecule has 106 valence electrons. The summed E-state index contributed by atoms with van der Waals surface area (Å²) in [6.45, 7) is 7.62. The lowest BCUT2D eigenvalue weighted by molar-refractivity contribution is 0.163. The first-order chi connectivity index (χ1) is 9.76. The van der Waals surface area contributed by atoms with E-state index in [2.05, 4.69) is 22.9 Å². The van der Waals surface area contributed by atoms with Gasteiger partial charge >= 0.3 is 0 Å². The molecular weight excluding hydrogens is 250 g/mol. The molecule has 4 nitrogen and oxygen atoms in total. The number of aromatic hydroxyl groups is 1. The van der Waals surface area contributed by atoms with Crippen molar-refractivity contribution in [1.29, 1.82) is 5.26 Å². The highest BCUT2D eigenvalue weighted by Crippen LogP contribution is 2.33. The highest BCUT2D eigenvalue weighted by Gasteiger charge is 2.24. The fourth-order valence-electron chi connectivity index (χ4n) is 2.70. The monoisotopic (exact) mass is 271 g/mol. The van der Waals surface area contributed by atoms with E-state index in [0.717, 1.165) is 44.6 Å². The summed E-state index contributed by atoms with van der Waals surface area (Å²) in [5, 5.41) is 22.5. The summed E-state index contributed by atoms with van der Waals surface area (Å²) in [7, 11) is 0. The first-order valence-electron chi connectivity index (χ1n) is 7.05. The van der Waals surface area contributed by atoms with Gasteiger partial charge in [0, 0.05) is 37.8 Å². The lowest BCUT2D eigenvalue weighted by Crippen LogP contribution is -2.45. The van der Waals surface area contributed by atoms with Gasteiger partial charge in [0.1, 0.15) is 5.75 Å². The number of benzene rings is 1. The second-order valence-corrected chi connectivity index (χ2v) is 5.05. The summed E-state index contributed by atoms with van der Waals surface area (Å²) in [5.41, 5.74) is 1.45. The zero-order valence-corrected chi connectivity index (χ0v) is 11.7. The van der Waals surface area contributed by atoms with Gasteiger partial charge in [-0.3, -0.25) is 4.90 Å². The van der Waals surface area contributed by atoms with Gasteiger partial charge in [0.15, 0.2) is 0 Å². The van der Waals surface area contributed by atoms with E-state index in [-0.39, 0.29) is 11.8 Å². The van der Waals surface area contributed by atoms with Crippen molar-refractivity contribution in [2.45, 2.75) is 18.9 Å². The van der Waals surface area contributed by atoms with Crippen molar-refractivity contribution in [1.82, 2.24) is 10.2 Å². The number of hydrogen-bond acceptors (Lipinski definition) is 4. The number of nitrogens with one attached hydrogen (secondary N) is 1. The van der Waals surface area contributed by atoms with Gasteiger partial charge in [0.25, 0.3) is 0 Å². The van der Waals surface area contributed by atoms with E-state index in [1.165, 1.54) is 0 Å². The average Bonchev–Trinajstić information content (AvgIpc) is 2.50. The smallest absolute Gasteiger partial charge is 0.120 e. The van der Waals surface area contributed by atoms with Crippen LogP contribution in [0.2, 0.25) is 0 Å². The van der Waals surface area contributed by atoms with Crippen LogP contribution in [0.4, 0.5) is 0 Å². The standard InChI is InChI=1S/C16H21N3O/c1-2-3-4-15(19-9-7-18-8-10-19)14-11-13(12-17)5-6-16(14)20/h2,5-6,11,15,18,20H,1,3-4,7-10H2/t15-/m0/s1. The lowest BCUT2D eigenvalue weighted by atomic mass is 9.97. The summed E-state index contributed by atoms with van der Waals surface area (Å²) in [5.74, 6) is 0.275. The van der Waals surface area contributed by atoms with Crippen molar-refractivity contribution in [3.63, 3.8) is 0 Å². The molecule has 1 aromatic carbocycles. The van der Waals surface area contributed by atoms with Crippen LogP contribution < -0.4 is 5.32 Å². The summed E-state index contributed by atoms with van der Waals surface area (Å²) in [4.78, 5) is 2.37. The molecular formula is C16H21N3O. The van der Waals surface area contributed by atoms with E-state index in [1.807, 2.05) is 12.1 Å². The highest BCUT2D eigenvalue weighted by atomic mass is 16.3. The second kappa shape index (κ2) is 7.09. The molecule has 0 unspecified atom stereocenters. The first kappa shape index (κ1) is 14.6. The van der Waals surface area contributed by atoms with Gasteiger partial charge < -0.3 is 10.4 Å². The topological polar surface area (TPSA) is 59.3 Å². The van der Waals surface area contributed by atoms with Crippen molar-refractivity contribution in [2.24, 2.45) is 0 Å². The molecule has 1 aliphatic rings. The van der Waals surface area contributed by atoms with Crippen LogP contribution in [0, 0.1) is 11.3 Å². The number of nitriles is 1. The third-order valence-corrected chi connectivity index (χ3v) is 3.75. The van der Waals surface area contributed by atoms with Gasteiger partial charge in [-0.15, -0.1) is 6.58 Å². The SMILES string of the molecule is C=CCC[C@@H](c1cc(C#N)ccc1O)N1CCNCC1. The predicted molar refractivity (Wildman–Crippen MR) is 79.4 cm³/mol. The van der Waals surface area contributed by atoms with Gasteiger partial charge in [0.2, 0.25) is 0 Å². The Labute approximate surface area is 120 Å². The minimum absolute atomic E-state index is 0.142. The quantitative estimate of drug-likeness (QED) is 0.806. The average molecular weight is 271 g/mol. The van der Waals surface area contributed by atoms with Crippen molar-refractivity contribution in [3.8, 4) is 11.8 Å². The normalized spacial score (nSPS) is 17.4. The van der Waals surface area contributed by atoms with Crippen molar-refractivity contribution in [3.05, 3.63) is 42.0 Å². The molecule has 1 atom stereocenters. The molecule has 1 heterocycles. The third-order valence-electron chi connectivity index (χ3n) is 3.75. The fourth-order valence-corrected chi connectivity index (χ4v) is 2.70. The molecule has 0 aliphatic carbocycles. The second-order valence-electron chi connectivity index (χ2n) is 5.05. The maximum Gasteiger partial charge on any atom is 0.120 e. The number of rotatable bonds is 5. The number of nitrogens with zero attached hydrogens (tertiary/aromatic N) is 2. The summed E-state index contributed by atoms with van der Waals surface area (Å²) >= 11 is 0. The van der Waals surface area contributed by atoms with Gasteiger partial charge in [-0.2, -0.15) is 5.26 Å². The fraction of sp³-hybridized carbons (Fsp3) is 0.438. The number of phenolic OH excluding ortho intramolecular Hbond substituents is 1. The molecule has 1 aliphatic heterocycles. The Balaban J connectivity index is 2.29. The Bertz CT molecular complexity index is 501. The van der Waals surface area contributed by atoms with Crippen LogP contribution in [0.25, 0.3) is 0 Å². The molecule has 4 heteroatoms. The number of phenols is 1. The minimum Gasteiger partial charge on any atom is -0.508 e. The van der Waals surface area contributed by atoms with Crippen molar-refractivity contribution < 1.29 is 5.11 Å². The lowest BCUT2D eigenvalue weighted by Gasteiger charge is -2.35. The summed E-state index contributed by atoms with van der Waals surface area (Å²) in [6.07, 6.45) is 3.71. The van der Waals surface area contributed by atoms with Crippen LogP contribution in [0.15, 0.2) is 30.9 Å². The van der Waals surface area contributed by atoms with Crippen LogP contribution in [0.1, 0.15) is 30.0 Å². The van der Waals surface area contributed by atoms with E-state index in [0.29, 0.717) is 5.56 Å². The van der Waals surface area contributed by atoms with E-state index in [9.17, 15) is 5.11 Å². The molecule has 1 aromatic rings. The number of allylic oxidation sites excluding steroid dienone is 1. The molecule has 20 heavy (non-hydrogen) atoms. The Hall–Kier alpha value is -1.83. The minimum atomic E-state index is 0.142. The van der Waals surface area contributed by atoms with Gasteiger partial charge in [0.05, 0.1) is 11.6 Å². The predicted octanol–water partition coefficient (Wildman–Crippen LogP) is 2.18. The van der Waals surface area contributed by atoms with E-state index >= 15 is 0 Å². The molecule has 2 rings (SSSR count). The Morgan fingerprint density at radius 3 is 2.85 bits per heavy atom. The Kier molecular flexibility index (Phi) is 5.16. The highest BCUT2D eigenvalue weighted by molar-refractivity contribution is 5.43. The largest absolute Gasteiger partial charge is 0.508 e. The molecule has 2 N–H and O–H groups in total. The Morgan fingerprint density at radius 1 is 1.45 bits per heavy atom. The molecule has 1 saturated heterocycles. The van der Waals surface area contributed by atoms with Gasteiger partial charge in [-0.25, -0.2) is 0 Å². The van der Waals surface area contributed by atoms with Crippen LogP contribution in [0.3, 0.4) is 0 Å². The summed E-state index contributed by atoms with van der Waals surface area (Å²) < 4.78 is 0. The van der Waals surface area contributed by atoms with Crippen LogP contribution in [0.5, 0.6) is 5.75 Å². The molecule has 0 radical (unpaired) electrons. The van der Waals surface area contributed by atoms with Crippen LogP contribution in [-0.4, -0.2) is 36.2 Å². The van der Waals surface area contributed by atoms with E-state index in [4.69, 9.17) is 5.26 Å². The molecule has 0 spiro atoms. The van der Waals surface area contributed by atoms with Crippen molar-refractivity contribution >= 4 is 0 Å². The van der Waals surface area contributed by atoms with Gasteiger partial charge in [-0.05, 0) is 31.0 Å². The zero-order chi connectivity index (χ0) is 14.4. The maximum absolute atomic E-state index is 10.2. The van der Waals surface area contributed by atoms with Gasteiger partial charge in [-0.1, -0.05) is 6.08 Å².